The number of nitro benzene ring substituents is 1. The lowest BCUT2D eigenvalue weighted by Crippen LogP contribution is -2.36. The van der Waals surface area contributed by atoms with Crippen molar-refractivity contribution in [2.75, 3.05) is 11.4 Å². The highest BCUT2D eigenvalue weighted by Crippen LogP contribution is 2.29. The molecule has 0 saturated heterocycles. The maximum Gasteiger partial charge on any atom is 0.307 e. The van der Waals surface area contributed by atoms with Crippen LogP contribution in [0.4, 0.5) is 10.8 Å². The van der Waals surface area contributed by atoms with Crippen LogP contribution in [0.25, 0.3) is 11.3 Å². The molecule has 1 aromatic carbocycles. The second-order valence-electron chi connectivity index (χ2n) is 5.84. The molecule has 0 atom stereocenters. The van der Waals surface area contributed by atoms with Gasteiger partial charge in [-0.1, -0.05) is 17.4 Å². The maximum absolute atomic E-state index is 12.8. The lowest BCUT2D eigenvalue weighted by atomic mass is 10.1. The van der Waals surface area contributed by atoms with Crippen molar-refractivity contribution in [2.45, 2.75) is 13.5 Å². The number of carbonyl (C=O) groups is 1. The molecule has 8 nitrogen and oxygen atoms in total. The number of benzene rings is 1. The summed E-state index contributed by atoms with van der Waals surface area (Å²) >= 11 is 2.33. The topological polar surface area (TPSA) is 98.3 Å². The van der Waals surface area contributed by atoms with Gasteiger partial charge in [0.25, 0.3) is 5.69 Å². The van der Waals surface area contributed by atoms with Crippen LogP contribution in [-0.4, -0.2) is 26.9 Å². The van der Waals surface area contributed by atoms with Crippen molar-refractivity contribution >= 4 is 39.4 Å². The second-order valence-corrected chi connectivity index (χ2v) is 7.50. The highest BCUT2D eigenvalue weighted by atomic mass is 32.1. The standard InChI is InChI=1S/C18H16N4O4S2/c1-3-8-20(16(23)9-21-12(2)10-28-18(21)24)17-19-15(11-27-17)13-4-6-14(7-5-13)22(25)26/h3-7,10-11H,1,8-9H2,2H3. The van der Waals surface area contributed by atoms with E-state index in [0.29, 0.717) is 16.4 Å². The van der Waals surface area contributed by atoms with E-state index < -0.39 is 4.92 Å². The Morgan fingerprint density at radius 1 is 1.32 bits per heavy atom. The molecule has 0 saturated carbocycles. The van der Waals surface area contributed by atoms with Gasteiger partial charge in [0.05, 0.1) is 10.6 Å². The predicted molar refractivity (Wildman–Crippen MR) is 110 cm³/mol. The summed E-state index contributed by atoms with van der Waals surface area (Å²) < 4.78 is 1.42. The summed E-state index contributed by atoms with van der Waals surface area (Å²) in [5, 5.41) is 14.7. The molecular weight excluding hydrogens is 400 g/mol. The molecule has 3 aromatic rings. The van der Waals surface area contributed by atoms with Gasteiger partial charge >= 0.3 is 4.87 Å². The number of thiazole rings is 2. The number of hydrogen-bond donors (Lipinski definition) is 0. The van der Waals surface area contributed by atoms with Gasteiger partial charge in [-0.25, -0.2) is 4.98 Å². The number of hydrogen-bond acceptors (Lipinski definition) is 7. The summed E-state index contributed by atoms with van der Waals surface area (Å²) in [6.07, 6.45) is 1.59. The average Bonchev–Trinajstić information content (AvgIpc) is 3.28. The SMILES string of the molecule is C=CCN(C(=O)Cn1c(C)csc1=O)c1nc(-c2ccc([N+](=O)[O-])cc2)cs1. The number of rotatable bonds is 7. The predicted octanol–water partition coefficient (Wildman–Crippen LogP) is 3.47. The summed E-state index contributed by atoms with van der Waals surface area (Å²) in [5.41, 5.74) is 2.05. The van der Waals surface area contributed by atoms with Crippen LogP contribution in [0.1, 0.15) is 5.69 Å². The van der Waals surface area contributed by atoms with Crippen molar-refractivity contribution in [1.29, 1.82) is 0 Å². The summed E-state index contributed by atoms with van der Waals surface area (Å²) in [5.74, 6) is -0.270. The third-order valence-corrected chi connectivity index (χ3v) is 5.72. The van der Waals surface area contributed by atoms with E-state index in [2.05, 4.69) is 11.6 Å². The summed E-state index contributed by atoms with van der Waals surface area (Å²) in [4.78, 5) is 40.8. The van der Waals surface area contributed by atoms with E-state index in [-0.39, 0.29) is 29.6 Å². The zero-order valence-electron chi connectivity index (χ0n) is 14.9. The van der Waals surface area contributed by atoms with E-state index in [1.54, 1.807) is 35.9 Å². The smallest absolute Gasteiger partial charge is 0.294 e. The molecule has 2 aromatic heterocycles. The van der Waals surface area contributed by atoms with Crippen LogP contribution in [0.2, 0.25) is 0 Å². The van der Waals surface area contributed by atoms with Gasteiger partial charge in [0.15, 0.2) is 5.13 Å². The molecular formula is C18H16N4O4S2. The van der Waals surface area contributed by atoms with E-state index in [9.17, 15) is 19.7 Å². The van der Waals surface area contributed by atoms with E-state index >= 15 is 0 Å². The summed E-state index contributed by atoms with van der Waals surface area (Å²) in [6.45, 7) is 5.64. The fourth-order valence-corrected chi connectivity index (χ4v) is 4.10. The molecule has 0 aliphatic rings. The number of aromatic nitrogens is 2. The van der Waals surface area contributed by atoms with E-state index in [1.807, 2.05) is 0 Å². The number of nitrogens with zero attached hydrogens (tertiary/aromatic N) is 4. The molecule has 0 N–H and O–H groups in total. The van der Waals surface area contributed by atoms with Crippen LogP contribution in [-0.2, 0) is 11.3 Å². The lowest BCUT2D eigenvalue weighted by molar-refractivity contribution is -0.384. The Morgan fingerprint density at radius 3 is 2.61 bits per heavy atom. The van der Waals surface area contributed by atoms with Crippen LogP contribution in [0.3, 0.4) is 0 Å². The van der Waals surface area contributed by atoms with Gasteiger partial charge in [-0.3, -0.25) is 29.2 Å². The van der Waals surface area contributed by atoms with Crippen LogP contribution < -0.4 is 9.77 Å². The Hall–Kier alpha value is -3.11. The fraction of sp³-hybridized carbons (Fsp3) is 0.167. The average molecular weight is 416 g/mol. The molecule has 0 radical (unpaired) electrons. The highest BCUT2D eigenvalue weighted by molar-refractivity contribution is 7.14. The van der Waals surface area contributed by atoms with Crippen molar-refractivity contribution < 1.29 is 9.72 Å². The van der Waals surface area contributed by atoms with Gasteiger partial charge in [0, 0.05) is 40.7 Å². The van der Waals surface area contributed by atoms with Crippen molar-refractivity contribution in [3.63, 3.8) is 0 Å². The van der Waals surface area contributed by atoms with Gasteiger partial charge in [-0.15, -0.1) is 17.9 Å². The molecule has 0 bridgehead atoms. The number of amides is 1. The first-order valence-electron chi connectivity index (χ1n) is 8.17. The normalized spacial score (nSPS) is 10.6. The Kier molecular flexibility index (Phi) is 5.81. The maximum atomic E-state index is 12.8. The molecule has 28 heavy (non-hydrogen) atoms. The van der Waals surface area contributed by atoms with Crippen LogP contribution in [0.5, 0.6) is 0 Å². The molecule has 0 fully saturated rings. The third kappa shape index (κ3) is 4.07. The zero-order chi connectivity index (χ0) is 20.3. The fourth-order valence-electron chi connectivity index (χ4n) is 2.51. The Morgan fingerprint density at radius 2 is 2.04 bits per heavy atom. The van der Waals surface area contributed by atoms with E-state index in [1.165, 1.54) is 32.9 Å². The van der Waals surface area contributed by atoms with Gasteiger partial charge in [-0.05, 0) is 19.1 Å². The number of anilines is 1. The lowest BCUT2D eigenvalue weighted by Gasteiger charge is -2.18. The summed E-state index contributed by atoms with van der Waals surface area (Å²) in [6, 6.07) is 6.05. The van der Waals surface area contributed by atoms with Crippen molar-refractivity contribution in [2.24, 2.45) is 0 Å². The molecule has 2 heterocycles. The molecule has 0 spiro atoms. The van der Waals surface area contributed by atoms with Crippen molar-refractivity contribution in [3.05, 3.63) is 73.2 Å². The molecule has 0 aliphatic heterocycles. The van der Waals surface area contributed by atoms with Gasteiger partial charge < -0.3 is 0 Å². The first-order chi connectivity index (χ1) is 13.4. The Balaban J connectivity index is 1.85. The number of aryl methyl sites for hydroxylation is 1. The molecule has 10 heteroatoms. The Bertz CT molecular complexity index is 1080. The number of non-ortho nitro benzene ring substituents is 1. The molecule has 0 aliphatic carbocycles. The van der Waals surface area contributed by atoms with Crippen LogP contribution in [0, 0.1) is 17.0 Å². The Labute approximate surface area is 168 Å². The minimum absolute atomic E-state index is 0.000704. The van der Waals surface area contributed by atoms with Crippen LogP contribution in [0.15, 0.2) is 52.5 Å². The summed E-state index contributed by atoms with van der Waals surface area (Å²) in [7, 11) is 0. The minimum atomic E-state index is -0.463. The van der Waals surface area contributed by atoms with Gasteiger partial charge in [0.1, 0.15) is 6.54 Å². The second kappa shape index (κ2) is 8.28. The number of carbonyl (C=O) groups excluding carboxylic acids is 1. The van der Waals surface area contributed by atoms with Gasteiger partial charge in [0.2, 0.25) is 5.91 Å². The van der Waals surface area contributed by atoms with E-state index in [0.717, 1.165) is 17.0 Å². The third-order valence-electron chi connectivity index (χ3n) is 3.98. The molecule has 0 unspecified atom stereocenters. The number of nitro groups is 1. The first-order valence-corrected chi connectivity index (χ1v) is 9.93. The van der Waals surface area contributed by atoms with Crippen LogP contribution >= 0.6 is 22.7 Å². The zero-order valence-corrected chi connectivity index (χ0v) is 16.5. The molecule has 144 valence electrons. The largest absolute Gasteiger partial charge is 0.307 e. The highest BCUT2D eigenvalue weighted by Gasteiger charge is 2.20. The molecule has 3 rings (SSSR count). The van der Waals surface area contributed by atoms with Crippen molar-refractivity contribution in [1.82, 2.24) is 9.55 Å². The van der Waals surface area contributed by atoms with Crippen molar-refractivity contribution in [3.8, 4) is 11.3 Å². The first kappa shape index (κ1) is 19.6. The monoisotopic (exact) mass is 416 g/mol. The quantitative estimate of drug-likeness (QED) is 0.334. The molecule has 1 amide bonds. The minimum Gasteiger partial charge on any atom is -0.294 e. The van der Waals surface area contributed by atoms with E-state index in [4.69, 9.17) is 0 Å². The van der Waals surface area contributed by atoms with Gasteiger partial charge in [-0.2, -0.15) is 0 Å².